The van der Waals surface area contributed by atoms with Crippen LogP contribution in [0.15, 0.2) is 24.3 Å². The maximum absolute atomic E-state index is 11.8. The van der Waals surface area contributed by atoms with Gasteiger partial charge in [-0.1, -0.05) is 25.5 Å². The second-order valence-electron chi connectivity index (χ2n) is 4.17. The highest BCUT2D eigenvalue weighted by atomic mass is 16.2. The van der Waals surface area contributed by atoms with Crippen molar-refractivity contribution >= 4 is 11.6 Å². The van der Waals surface area contributed by atoms with Crippen LogP contribution in [-0.4, -0.2) is 18.5 Å². The molecule has 0 fully saturated rings. The van der Waals surface area contributed by atoms with Gasteiger partial charge >= 0.3 is 0 Å². The second kappa shape index (κ2) is 7.33. The lowest BCUT2D eigenvalue weighted by atomic mass is 10.1. The van der Waals surface area contributed by atoms with E-state index in [-0.39, 0.29) is 11.9 Å². The average molecular weight is 245 g/mol. The summed E-state index contributed by atoms with van der Waals surface area (Å²) >= 11 is 0. The number of unbranched alkanes of at least 4 members (excludes halogenated alkanes) is 1. The van der Waals surface area contributed by atoms with E-state index in [9.17, 15) is 4.79 Å². The van der Waals surface area contributed by atoms with Crippen molar-refractivity contribution in [3.8, 4) is 6.07 Å². The van der Waals surface area contributed by atoms with Crippen LogP contribution in [0.4, 0.5) is 5.69 Å². The first-order valence-electron chi connectivity index (χ1n) is 6.22. The third kappa shape index (κ3) is 4.10. The number of nitriles is 1. The van der Waals surface area contributed by atoms with Crippen molar-refractivity contribution in [1.29, 1.82) is 5.26 Å². The molecule has 0 aliphatic heterocycles. The zero-order chi connectivity index (χ0) is 13.4. The molecule has 96 valence electrons. The van der Waals surface area contributed by atoms with Crippen molar-refractivity contribution < 1.29 is 4.79 Å². The van der Waals surface area contributed by atoms with Gasteiger partial charge in [0.2, 0.25) is 5.91 Å². The van der Waals surface area contributed by atoms with Gasteiger partial charge in [0.1, 0.15) is 12.1 Å². The number of nitrogens with zero attached hydrogens (tertiary/aromatic N) is 1. The first-order chi connectivity index (χ1) is 8.69. The average Bonchev–Trinajstić information content (AvgIpc) is 2.39. The minimum atomic E-state index is -0.351. The Hall–Kier alpha value is -2.02. The van der Waals surface area contributed by atoms with Crippen LogP contribution in [0.5, 0.6) is 0 Å². The lowest BCUT2D eigenvalue weighted by Gasteiger charge is -2.15. The molecule has 0 radical (unpaired) electrons. The zero-order valence-electron chi connectivity index (χ0n) is 10.9. The van der Waals surface area contributed by atoms with Gasteiger partial charge in [0.15, 0.2) is 0 Å². The monoisotopic (exact) mass is 245 g/mol. The van der Waals surface area contributed by atoms with E-state index in [1.54, 1.807) is 25.1 Å². The summed E-state index contributed by atoms with van der Waals surface area (Å²) in [6.07, 6.45) is 2.03. The molecule has 0 saturated carbocycles. The molecule has 18 heavy (non-hydrogen) atoms. The van der Waals surface area contributed by atoms with Crippen molar-refractivity contribution in [2.45, 2.75) is 32.7 Å². The predicted octanol–water partition coefficient (Wildman–Crippen LogP) is 2.27. The summed E-state index contributed by atoms with van der Waals surface area (Å²) in [6, 6.07) is 8.91. The van der Waals surface area contributed by atoms with Gasteiger partial charge in [0.05, 0.1) is 11.3 Å². The van der Waals surface area contributed by atoms with E-state index in [0.717, 1.165) is 12.8 Å². The highest BCUT2D eigenvalue weighted by molar-refractivity contribution is 5.84. The van der Waals surface area contributed by atoms with Gasteiger partial charge in [-0.15, -0.1) is 0 Å². The first-order valence-corrected chi connectivity index (χ1v) is 6.22. The van der Waals surface area contributed by atoms with Crippen molar-refractivity contribution in [2.75, 3.05) is 11.9 Å². The summed E-state index contributed by atoms with van der Waals surface area (Å²) in [6.45, 7) is 4.56. The molecule has 1 atom stereocenters. The smallest absolute Gasteiger partial charge is 0.242 e. The SMILES string of the molecule is CCCCNC(=O)C(C)Nc1ccccc1C#N. The van der Waals surface area contributed by atoms with E-state index in [0.29, 0.717) is 17.8 Å². The van der Waals surface area contributed by atoms with Crippen LogP contribution in [0.25, 0.3) is 0 Å². The number of rotatable bonds is 6. The molecule has 0 bridgehead atoms. The third-order valence-corrected chi connectivity index (χ3v) is 2.64. The minimum Gasteiger partial charge on any atom is -0.373 e. The Morgan fingerprint density at radius 2 is 2.17 bits per heavy atom. The van der Waals surface area contributed by atoms with Crippen LogP contribution in [0.1, 0.15) is 32.3 Å². The quantitative estimate of drug-likeness (QED) is 0.756. The minimum absolute atomic E-state index is 0.0452. The van der Waals surface area contributed by atoms with Gasteiger partial charge in [-0.3, -0.25) is 4.79 Å². The fraction of sp³-hybridized carbons (Fsp3) is 0.429. The number of nitrogens with one attached hydrogen (secondary N) is 2. The number of hydrogen-bond acceptors (Lipinski definition) is 3. The summed E-state index contributed by atoms with van der Waals surface area (Å²) in [5, 5.41) is 14.9. The normalized spacial score (nSPS) is 11.4. The van der Waals surface area contributed by atoms with E-state index >= 15 is 0 Å². The molecule has 1 unspecified atom stereocenters. The Bertz CT molecular complexity index is 437. The summed E-state index contributed by atoms with van der Waals surface area (Å²) in [7, 11) is 0. The first kappa shape index (κ1) is 14.0. The number of carbonyl (C=O) groups is 1. The molecule has 0 heterocycles. The molecule has 0 aliphatic rings. The van der Waals surface area contributed by atoms with Gasteiger partial charge in [-0.25, -0.2) is 0 Å². The van der Waals surface area contributed by atoms with E-state index in [4.69, 9.17) is 5.26 Å². The van der Waals surface area contributed by atoms with Crippen LogP contribution >= 0.6 is 0 Å². The van der Waals surface area contributed by atoms with Crippen molar-refractivity contribution in [2.24, 2.45) is 0 Å². The number of amides is 1. The van der Waals surface area contributed by atoms with Crippen molar-refractivity contribution in [1.82, 2.24) is 5.32 Å². The lowest BCUT2D eigenvalue weighted by Crippen LogP contribution is -2.38. The summed E-state index contributed by atoms with van der Waals surface area (Å²) < 4.78 is 0. The van der Waals surface area contributed by atoms with E-state index in [1.165, 1.54) is 0 Å². The lowest BCUT2D eigenvalue weighted by molar-refractivity contribution is -0.121. The molecule has 1 aromatic rings. The number of hydrogen-bond donors (Lipinski definition) is 2. The van der Waals surface area contributed by atoms with E-state index in [1.807, 2.05) is 6.07 Å². The molecule has 0 aliphatic carbocycles. The van der Waals surface area contributed by atoms with Gasteiger partial charge in [-0.05, 0) is 25.5 Å². The molecule has 1 rings (SSSR count). The molecule has 1 aromatic carbocycles. The Balaban J connectivity index is 2.56. The molecular formula is C14H19N3O. The molecular weight excluding hydrogens is 226 g/mol. The Morgan fingerprint density at radius 3 is 2.83 bits per heavy atom. The Morgan fingerprint density at radius 1 is 1.44 bits per heavy atom. The van der Waals surface area contributed by atoms with Gasteiger partial charge in [0.25, 0.3) is 0 Å². The summed E-state index contributed by atoms with van der Waals surface area (Å²) in [5.74, 6) is -0.0452. The Labute approximate surface area is 108 Å². The number of benzene rings is 1. The highest BCUT2D eigenvalue weighted by Crippen LogP contribution is 2.14. The van der Waals surface area contributed by atoms with Crippen LogP contribution in [0, 0.1) is 11.3 Å². The van der Waals surface area contributed by atoms with Crippen LogP contribution in [0.3, 0.4) is 0 Å². The van der Waals surface area contributed by atoms with Crippen molar-refractivity contribution in [3.63, 3.8) is 0 Å². The van der Waals surface area contributed by atoms with Crippen LogP contribution in [-0.2, 0) is 4.79 Å². The Kier molecular flexibility index (Phi) is 5.72. The molecule has 4 nitrogen and oxygen atoms in total. The molecule has 1 amide bonds. The summed E-state index contributed by atoms with van der Waals surface area (Å²) in [5.41, 5.74) is 1.24. The number of para-hydroxylation sites is 1. The molecule has 4 heteroatoms. The van der Waals surface area contributed by atoms with E-state index in [2.05, 4.69) is 23.6 Å². The maximum atomic E-state index is 11.8. The van der Waals surface area contributed by atoms with Gasteiger partial charge in [-0.2, -0.15) is 5.26 Å². The zero-order valence-corrected chi connectivity index (χ0v) is 10.9. The number of carbonyl (C=O) groups excluding carboxylic acids is 1. The van der Waals surface area contributed by atoms with Gasteiger partial charge in [0, 0.05) is 6.54 Å². The highest BCUT2D eigenvalue weighted by Gasteiger charge is 2.13. The topological polar surface area (TPSA) is 64.9 Å². The van der Waals surface area contributed by atoms with Crippen molar-refractivity contribution in [3.05, 3.63) is 29.8 Å². The summed E-state index contributed by atoms with van der Waals surface area (Å²) in [4.78, 5) is 11.8. The third-order valence-electron chi connectivity index (χ3n) is 2.64. The largest absolute Gasteiger partial charge is 0.373 e. The fourth-order valence-electron chi connectivity index (χ4n) is 1.55. The molecule has 2 N–H and O–H groups in total. The van der Waals surface area contributed by atoms with E-state index < -0.39 is 0 Å². The maximum Gasteiger partial charge on any atom is 0.242 e. The molecule has 0 spiro atoms. The second-order valence-corrected chi connectivity index (χ2v) is 4.17. The van der Waals surface area contributed by atoms with Crippen LogP contribution in [0.2, 0.25) is 0 Å². The van der Waals surface area contributed by atoms with Crippen LogP contribution < -0.4 is 10.6 Å². The standard InChI is InChI=1S/C14H19N3O/c1-3-4-9-16-14(18)11(2)17-13-8-6-5-7-12(13)10-15/h5-8,11,17H,3-4,9H2,1-2H3,(H,16,18). The number of anilines is 1. The fourth-order valence-corrected chi connectivity index (χ4v) is 1.55. The molecule has 0 aromatic heterocycles. The predicted molar refractivity (Wildman–Crippen MR) is 72.2 cm³/mol. The molecule has 0 saturated heterocycles. The van der Waals surface area contributed by atoms with Gasteiger partial charge < -0.3 is 10.6 Å².